The van der Waals surface area contributed by atoms with Crippen molar-refractivity contribution in [3.8, 4) is 28.1 Å². The standard InChI is InChI=1S/C16H16N4O/c1-20-16(17)14(12-5-3-4-6-13(12)21-2)15(19-20)11-7-9-18-10-8-11/h3-10H,17H2,1-2H3. The van der Waals surface area contributed by atoms with E-state index in [1.807, 2.05) is 43.4 Å². The Bertz CT molecular complexity index is 765. The van der Waals surface area contributed by atoms with Gasteiger partial charge in [0.05, 0.1) is 12.7 Å². The molecule has 0 saturated carbocycles. The number of nitrogens with zero attached hydrogens (tertiary/aromatic N) is 3. The van der Waals surface area contributed by atoms with Crippen LogP contribution in [0.4, 0.5) is 5.82 Å². The second-order valence-electron chi connectivity index (χ2n) is 4.67. The Kier molecular flexibility index (Phi) is 3.31. The zero-order valence-corrected chi connectivity index (χ0v) is 11.9. The van der Waals surface area contributed by atoms with Crippen LogP contribution in [0, 0.1) is 0 Å². The quantitative estimate of drug-likeness (QED) is 0.801. The number of anilines is 1. The van der Waals surface area contributed by atoms with E-state index in [9.17, 15) is 0 Å². The van der Waals surface area contributed by atoms with Crippen molar-refractivity contribution in [2.75, 3.05) is 12.8 Å². The Hall–Kier alpha value is -2.82. The molecule has 0 radical (unpaired) electrons. The van der Waals surface area contributed by atoms with E-state index in [0.717, 1.165) is 28.1 Å². The van der Waals surface area contributed by atoms with Crippen molar-refractivity contribution in [1.82, 2.24) is 14.8 Å². The minimum atomic E-state index is 0.603. The summed E-state index contributed by atoms with van der Waals surface area (Å²) in [5.41, 5.74) is 9.82. The van der Waals surface area contributed by atoms with Crippen molar-refractivity contribution < 1.29 is 4.74 Å². The SMILES string of the molecule is COc1ccccc1-c1c(-c2ccncc2)nn(C)c1N. The fourth-order valence-corrected chi connectivity index (χ4v) is 2.37. The molecule has 0 amide bonds. The number of nitrogen functional groups attached to an aromatic ring is 1. The minimum Gasteiger partial charge on any atom is -0.496 e. The van der Waals surface area contributed by atoms with Gasteiger partial charge in [0.25, 0.3) is 0 Å². The largest absolute Gasteiger partial charge is 0.496 e. The number of nitrogens with two attached hydrogens (primary N) is 1. The maximum Gasteiger partial charge on any atom is 0.130 e. The normalized spacial score (nSPS) is 10.6. The topological polar surface area (TPSA) is 66.0 Å². The summed E-state index contributed by atoms with van der Waals surface area (Å²) >= 11 is 0. The molecule has 2 N–H and O–H groups in total. The van der Waals surface area contributed by atoms with Crippen molar-refractivity contribution in [3.63, 3.8) is 0 Å². The molecule has 0 aliphatic heterocycles. The summed E-state index contributed by atoms with van der Waals surface area (Å²) in [7, 11) is 3.48. The summed E-state index contributed by atoms with van der Waals surface area (Å²) in [5, 5.41) is 4.54. The van der Waals surface area contributed by atoms with Crippen LogP contribution in [-0.2, 0) is 7.05 Å². The molecule has 3 rings (SSSR count). The van der Waals surface area contributed by atoms with Gasteiger partial charge in [0, 0.05) is 30.6 Å². The van der Waals surface area contributed by atoms with Gasteiger partial charge in [0.15, 0.2) is 0 Å². The van der Waals surface area contributed by atoms with Gasteiger partial charge >= 0.3 is 0 Å². The number of aromatic nitrogens is 3. The average molecular weight is 280 g/mol. The summed E-state index contributed by atoms with van der Waals surface area (Å²) in [6.07, 6.45) is 3.48. The molecule has 5 nitrogen and oxygen atoms in total. The lowest BCUT2D eigenvalue weighted by atomic mass is 10.0. The molecule has 0 atom stereocenters. The molecule has 106 valence electrons. The van der Waals surface area contributed by atoms with Gasteiger partial charge in [-0.05, 0) is 18.2 Å². The van der Waals surface area contributed by atoms with E-state index in [0.29, 0.717) is 5.82 Å². The van der Waals surface area contributed by atoms with Crippen LogP contribution >= 0.6 is 0 Å². The number of benzene rings is 1. The maximum atomic E-state index is 6.23. The maximum absolute atomic E-state index is 6.23. The Labute approximate surface area is 123 Å². The second-order valence-corrected chi connectivity index (χ2v) is 4.67. The van der Waals surface area contributed by atoms with E-state index in [1.54, 1.807) is 24.2 Å². The molecule has 2 heterocycles. The van der Waals surface area contributed by atoms with Crippen LogP contribution in [0.5, 0.6) is 5.75 Å². The fraction of sp³-hybridized carbons (Fsp3) is 0.125. The third-order valence-electron chi connectivity index (χ3n) is 3.42. The third-order valence-corrected chi connectivity index (χ3v) is 3.42. The number of pyridine rings is 1. The van der Waals surface area contributed by atoms with E-state index >= 15 is 0 Å². The van der Waals surface area contributed by atoms with Crippen molar-refractivity contribution >= 4 is 5.82 Å². The van der Waals surface area contributed by atoms with E-state index in [2.05, 4.69) is 10.1 Å². The van der Waals surface area contributed by atoms with E-state index in [4.69, 9.17) is 10.5 Å². The lowest BCUT2D eigenvalue weighted by Crippen LogP contribution is -1.98. The Morgan fingerprint density at radius 2 is 1.81 bits per heavy atom. The first-order valence-corrected chi connectivity index (χ1v) is 6.58. The monoisotopic (exact) mass is 280 g/mol. The van der Waals surface area contributed by atoms with Crippen molar-refractivity contribution in [3.05, 3.63) is 48.8 Å². The average Bonchev–Trinajstić information content (AvgIpc) is 2.83. The van der Waals surface area contributed by atoms with Gasteiger partial charge in [0.2, 0.25) is 0 Å². The molecule has 3 aromatic rings. The number of rotatable bonds is 3. The van der Waals surface area contributed by atoms with Crippen molar-refractivity contribution in [1.29, 1.82) is 0 Å². The number of hydrogen-bond acceptors (Lipinski definition) is 4. The van der Waals surface area contributed by atoms with Gasteiger partial charge in [-0.25, -0.2) is 0 Å². The van der Waals surface area contributed by atoms with Gasteiger partial charge in [-0.1, -0.05) is 18.2 Å². The third kappa shape index (κ3) is 2.23. The highest BCUT2D eigenvalue weighted by atomic mass is 16.5. The Morgan fingerprint density at radius 3 is 2.52 bits per heavy atom. The van der Waals surface area contributed by atoms with Gasteiger partial charge in [-0.15, -0.1) is 0 Å². The first-order chi connectivity index (χ1) is 10.2. The number of ether oxygens (including phenoxy) is 1. The molecule has 1 aromatic carbocycles. The molecule has 21 heavy (non-hydrogen) atoms. The van der Waals surface area contributed by atoms with Crippen LogP contribution in [0.3, 0.4) is 0 Å². The lowest BCUT2D eigenvalue weighted by molar-refractivity contribution is 0.416. The Morgan fingerprint density at radius 1 is 1.10 bits per heavy atom. The van der Waals surface area contributed by atoms with Crippen molar-refractivity contribution in [2.45, 2.75) is 0 Å². The van der Waals surface area contributed by atoms with Crippen LogP contribution < -0.4 is 10.5 Å². The highest BCUT2D eigenvalue weighted by molar-refractivity contribution is 5.90. The summed E-state index contributed by atoms with van der Waals surface area (Å²) in [4.78, 5) is 4.05. The molecular formula is C16H16N4O. The summed E-state index contributed by atoms with van der Waals surface area (Å²) in [6, 6.07) is 11.6. The molecule has 0 saturated heterocycles. The van der Waals surface area contributed by atoms with E-state index in [1.165, 1.54) is 0 Å². The number of aryl methyl sites for hydroxylation is 1. The minimum absolute atomic E-state index is 0.603. The van der Waals surface area contributed by atoms with E-state index in [-0.39, 0.29) is 0 Å². The number of hydrogen-bond donors (Lipinski definition) is 1. The second kappa shape index (κ2) is 5.28. The summed E-state index contributed by atoms with van der Waals surface area (Å²) in [5.74, 6) is 1.37. The van der Waals surface area contributed by atoms with Gasteiger partial charge in [-0.3, -0.25) is 9.67 Å². The first-order valence-electron chi connectivity index (χ1n) is 6.58. The van der Waals surface area contributed by atoms with Gasteiger partial charge < -0.3 is 10.5 Å². The molecular weight excluding hydrogens is 264 g/mol. The van der Waals surface area contributed by atoms with Crippen LogP contribution in [0.1, 0.15) is 0 Å². The summed E-state index contributed by atoms with van der Waals surface area (Å²) in [6.45, 7) is 0. The molecule has 0 spiro atoms. The highest BCUT2D eigenvalue weighted by Gasteiger charge is 2.19. The predicted octanol–water partition coefficient (Wildman–Crippen LogP) is 2.74. The van der Waals surface area contributed by atoms with Crippen LogP contribution in [0.25, 0.3) is 22.4 Å². The molecule has 5 heteroatoms. The molecule has 0 bridgehead atoms. The molecule has 0 unspecified atom stereocenters. The molecule has 0 aliphatic rings. The first kappa shape index (κ1) is 13.2. The van der Waals surface area contributed by atoms with Crippen molar-refractivity contribution in [2.24, 2.45) is 7.05 Å². The number of para-hydroxylation sites is 1. The van der Waals surface area contributed by atoms with Crippen LogP contribution in [0.2, 0.25) is 0 Å². The fourth-order valence-electron chi connectivity index (χ4n) is 2.37. The van der Waals surface area contributed by atoms with Gasteiger partial charge in [0.1, 0.15) is 17.3 Å². The van der Waals surface area contributed by atoms with Gasteiger partial charge in [-0.2, -0.15) is 5.10 Å². The smallest absolute Gasteiger partial charge is 0.130 e. The zero-order chi connectivity index (χ0) is 14.8. The van der Waals surface area contributed by atoms with Crippen LogP contribution in [0.15, 0.2) is 48.8 Å². The summed E-state index contributed by atoms with van der Waals surface area (Å²) < 4.78 is 7.13. The molecule has 0 aliphatic carbocycles. The zero-order valence-electron chi connectivity index (χ0n) is 11.9. The Balaban J connectivity index is 2.28. The van der Waals surface area contributed by atoms with E-state index < -0.39 is 0 Å². The molecule has 0 fully saturated rings. The highest BCUT2D eigenvalue weighted by Crippen LogP contribution is 2.40. The van der Waals surface area contributed by atoms with Crippen LogP contribution in [-0.4, -0.2) is 21.9 Å². The number of methoxy groups -OCH3 is 1. The molecule has 2 aromatic heterocycles. The lowest BCUT2D eigenvalue weighted by Gasteiger charge is -2.09. The predicted molar refractivity (Wildman–Crippen MR) is 82.8 cm³/mol.